The molecule has 0 radical (unpaired) electrons. The van der Waals surface area contributed by atoms with Crippen molar-refractivity contribution in [2.24, 2.45) is 5.92 Å². The first-order chi connectivity index (χ1) is 9.08. The first kappa shape index (κ1) is 16.0. The Kier molecular flexibility index (Phi) is 6.85. The Morgan fingerprint density at radius 1 is 1.26 bits per heavy atom. The van der Waals surface area contributed by atoms with Gasteiger partial charge in [0.05, 0.1) is 0 Å². The third-order valence-electron chi connectivity index (χ3n) is 3.48. The van der Waals surface area contributed by atoms with Gasteiger partial charge in [0.25, 0.3) is 0 Å². The van der Waals surface area contributed by atoms with Crippen molar-refractivity contribution in [3.05, 3.63) is 23.9 Å². The Bertz CT molecular complexity index is 363. The van der Waals surface area contributed by atoms with E-state index >= 15 is 0 Å². The van der Waals surface area contributed by atoms with Crippen LogP contribution in [-0.2, 0) is 6.54 Å². The van der Waals surface area contributed by atoms with Crippen molar-refractivity contribution in [3.63, 3.8) is 0 Å². The van der Waals surface area contributed by atoms with E-state index in [-0.39, 0.29) is 0 Å². The van der Waals surface area contributed by atoms with Crippen molar-refractivity contribution in [2.75, 3.05) is 18.0 Å². The van der Waals surface area contributed by atoms with Gasteiger partial charge in [-0.1, -0.05) is 40.2 Å². The number of pyridine rings is 1. The molecule has 0 amide bonds. The molecule has 0 saturated heterocycles. The second-order valence-electron chi connectivity index (χ2n) is 5.57. The summed E-state index contributed by atoms with van der Waals surface area (Å²) < 4.78 is 0. The molecule has 1 aromatic heterocycles. The maximum atomic E-state index is 4.60. The van der Waals surface area contributed by atoms with E-state index in [4.69, 9.17) is 0 Å². The van der Waals surface area contributed by atoms with Crippen LogP contribution in [0.4, 0.5) is 5.82 Å². The highest BCUT2D eigenvalue weighted by molar-refractivity contribution is 5.46. The molecule has 1 N–H and O–H groups in total. The van der Waals surface area contributed by atoms with Crippen molar-refractivity contribution >= 4 is 5.82 Å². The van der Waals surface area contributed by atoms with Crippen molar-refractivity contribution in [1.82, 2.24) is 10.3 Å². The molecule has 1 heterocycles. The number of nitrogens with zero attached hydrogens (tertiary/aromatic N) is 2. The molecule has 108 valence electrons. The number of hydrogen-bond acceptors (Lipinski definition) is 3. The molecule has 1 aromatic rings. The molecule has 1 atom stereocenters. The molecule has 0 aromatic carbocycles. The molecule has 0 aliphatic carbocycles. The fourth-order valence-corrected chi connectivity index (χ4v) is 2.04. The van der Waals surface area contributed by atoms with E-state index in [0.717, 1.165) is 25.5 Å². The van der Waals surface area contributed by atoms with Crippen LogP contribution in [0.3, 0.4) is 0 Å². The highest BCUT2D eigenvalue weighted by Crippen LogP contribution is 2.19. The summed E-state index contributed by atoms with van der Waals surface area (Å²) in [6, 6.07) is 4.70. The topological polar surface area (TPSA) is 28.2 Å². The van der Waals surface area contributed by atoms with Gasteiger partial charge in [-0.25, -0.2) is 4.98 Å². The Balaban J connectivity index is 2.83. The smallest absolute Gasteiger partial charge is 0.133 e. The predicted molar refractivity (Wildman–Crippen MR) is 83.6 cm³/mol. The van der Waals surface area contributed by atoms with Crippen LogP contribution in [-0.4, -0.2) is 24.1 Å². The molecule has 0 saturated carbocycles. The van der Waals surface area contributed by atoms with E-state index in [0.29, 0.717) is 12.0 Å². The third-order valence-corrected chi connectivity index (χ3v) is 3.48. The van der Waals surface area contributed by atoms with Crippen LogP contribution < -0.4 is 10.2 Å². The van der Waals surface area contributed by atoms with Gasteiger partial charge < -0.3 is 10.2 Å². The zero-order chi connectivity index (χ0) is 14.3. The summed E-state index contributed by atoms with van der Waals surface area (Å²) >= 11 is 0. The van der Waals surface area contributed by atoms with Crippen LogP contribution in [0, 0.1) is 5.92 Å². The number of nitrogens with one attached hydrogen (secondary N) is 1. The van der Waals surface area contributed by atoms with Crippen LogP contribution in [0.15, 0.2) is 18.3 Å². The molecule has 0 bridgehead atoms. The molecule has 3 heteroatoms. The molecule has 0 aliphatic heterocycles. The molecule has 0 aliphatic rings. The van der Waals surface area contributed by atoms with E-state index in [9.17, 15) is 0 Å². The zero-order valence-corrected chi connectivity index (χ0v) is 13.1. The summed E-state index contributed by atoms with van der Waals surface area (Å²) in [6.07, 6.45) is 3.11. The third kappa shape index (κ3) is 5.19. The summed E-state index contributed by atoms with van der Waals surface area (Å²) in [7, 11) is 0. The Morgan fingerprint density at radius 3 is 2.58 bits per heavy atom. The molecular weight excluding hydrogens is 234 g/mol. The summed E-state index contributed by atoms with van der Waals surface area (Å²) in [5.74, 6) is 1.84. The van der Waals surface area contributed by atoms with E-state index < -0.39 is 0 Å². The second kappa shape index (κ2) is 8.16. The Morgan fingerprint density at radius 2 is 2.00 bits per heavy atom. The van der Waals surface area contributed by atoms with Crippen molar-refractivity contribution < 1.29 is 0 Å². The van der Waals surface area contributed by atoms with E-state index in [2.05, 4.69) is 55.9 Å². The van der Waals surface area contributed by atoms with E-state index in [1.165, 1.54) is 12.0 Å². The van der Waals surface area contributed by atoms with Gasteiger partial charge in [0.2, 0.25) is 0 Å². The second-order valence-corrected chi connectivity index (χ2v) is 5.57. The number of rotatable bonds is 8. The highest BCUT2D eigenvalue weighted by atomic mass is 15.2. The number of hydrogen-bond donors (Lipinski definition) is 1. The lowest BCUT2D eigenvalue weighted by molar-refractivity contribution is 0.541. The van der Waals surface area contributed by atoms with Gasteiger partial charge in [0.1, 0.15) is 5.82 Å². The van der Waals surface area contributed by atoms with Crippen LogP contribution in [0.2, 0.25) is 0 Å². The molecule has 0 spiro atoms. The lowest BCUT2D eigenvalue weighted by Crippen LogP contribution is -2.31. The van der Waals surface area contributed by atoms with E-state index in [1.807, 2.05) is 12.3 Å². The van der Waals surface area contributed by atoms with Gasteiger partial charge in [0.15, 0.2) is 0 Å². The average molecular weight is 263 g/mol. The van der Waals surface area contributed by atoms with Gasteiger partial charge in [-0.3, -0.25) is 0 Å². The van der Waals surface area contributed by atoms with Crippen molar-refractivity contribution in [1.29, 1.82) is 0 Å². The fourth-order valence-electron chi connectivity index (χ4n) is 2.04. The molecule has 1 unspecified atom stereocenters. The van der Waals surface area contributed by atoms with Gasteiger partial charge in [-0.05, 0) is 18.9 Å². The zero-order valence-electron chi connectivity index (χ0n) is 13.1. The summed E-state index contributed by atoms with van der Waals surface area (Å²) in [6.45, 7) is 14.1. The van der Waals surface area contributed by atoms with Gasteiger partial charge in [-0.15, -0.1) is 0 Å². The first-order valence-corrected chi connectivity index (χ1v) is 7.50. The SMILES string of the molecule is CCC(C)CN(CC)c1ncccc1CNC(C)C. The minimum atomic E-state index is 0.498. The lowest BCUT2D eigenvalue weighted by atomic mass is 10.1. The summed E-state index contributed by atoms with van der Waals surface area (Å²) in [5.41, 5.74) is 1.29. The maximum absolute atomic E-state index is 4.60. The maximum Gasteiger partial charge on any atom is 0.133 e. The van der Waals surface area contributed by atoms with Gasteiger partial charge >= 0.3 is 0 Å². The van der Waals surface area contributed by atoms with Crippen LogP contribution >= 0.6 is 0 Å². The molecular formula is C16H29N3. The molecule has 0 fully saturated rings. The largest absolute Gasteiger partial charge is 0.356 e. The highest BCUT2D eigenvalue weighted by Gasteiger charge is 2.13. The summed E-state index contributed by atoms with van der Waals surface area (Å²) in [5, 5.41) is 3.48. The normalized spacial score (nSPS) is 12.7. The van der Waals surface area contributed by atoms with Gasteiger partial charge in [-0.2, -0.15) is 0 Å². The van der Waals surface area contributed by atoms with Crippen LogP contribution in [0.1, 0.15) is 46.6 Å². The number of aromatic nitrogens is 1. The minimum Gasteiger partial charge on any atom is -0.356 e. The fraction of sp³-hybridized carbons (Fsp3) is 0.688. The van der Waals surface area contributed by atoms with Crippen LogP contribution in [0.25, 0.3) is 0 Å². The Hall–Kier alpha value is -1.09. The van der Waals surface area contributed by atoms with Crippen LogP contribution in [0.5, 0.6) is 0 Å². The lowest BCUT2D eigenvalue weighted by Gasteiger charge is -2.27. The van der Waals surface area contributed by atoms with E-state index in [1.54, 1.807) is 0 Å². The minimum absolute atomic E-state index is 0.498. The quantitative estimate of drug-likeness (QED) is 0.778. The Labute approximate surface area is 118 Å². The first-order valence-electron chi connectivity index (χ1n) is 7.50. The van der Waals surface area contributed by atoms with Gasteiger partial charge in [0, 0.05) is 37.4 Å². The van der Waals surface area contributed by atoms with Crippen molar-refractivity contribution in [3.8, 4) is 0 Å². The predicted octanol–water partition coefficient (Wildman–Crippen LogP) is 3.45. The monoisotopic (exact) mass is 263 g/mol. The summed E-state index contributed by atoms with van der Waals surface area (Å²) in [4.78, 5) is 7.00. The molecule has 19 heavy (non-hydrogen) atoms. The average Bonchev–Trinajstić information content (AvgIpc) is 2.42. The standard InChI is InChI=1S/C16H29N3/c1-6-14(5)12-19(7-2)16-15(9-8-10-17-16)11-18-13(3)4/h8-10,13-14,18H,6-7,11-12H2,1-5H3. The molecule has 3 nitrogen and oxygen atoms in total. The van der Waals surface area contributed by atoms with Crippen molar-refractivity contribution in [2.45, 2.75) is 53.6 Å². The number of anilines is 1. The molecule has 1 rings (SSSR count).